The molecule has 4 N–H and O–H groups in total. The fourth-order valence-corrected chi connectivity index (χ4v) is 3.97. The molecule has 0 aliphatic carbocycles. The second kappa shape index (κ2) is 7.10. The van der Waals surface area contributed by atoms with Crippen LogP contribution in [0.4, 0.5) is 0 Å². The van der Waals surface area contributed by atoms with Crippen molar-refractivity contribution in [2.45, 2.75) is 25.0 Å². The van der Waals surface area contributed by atoms with E-state index in [1.54, 1.807) is 0 Å². The van der Waals surface area contributed by atoms with Gasteiger partial charge in [-0.3, -0.25) is 11.0 Å². The Kier molecular flexibility index (Phi) is 7.52. The number of hydrogen-bond acceptors (Lipinski definition) is 4. The number of rotatable bonds is 6. The largest absolute Gasteiger partial charge is 0.283 e. The molecular weight excluding hydrogens is 241 g/mol. The summed E-state index contributed by atoms with van der Waals surface area (Å²) in [6.45, 7) is 2.07. The van der Waals surface area contributed by atoms with Crippen LogP contribution in [-0.4, -0.2) is 11.0 Å². The molecule has 0 saturated heterocycles. The Morgan fingerprint density at radius 1 is 1.62 bits per heavy atom. The first kappa shape index (κ1) is 13.8. The van der Waals surface area contributed by atoms with Gasteiger partial charge in [-0.2, -0.15) is 5.26 Å². The quantitative estimate of drug-likeness (QED) is 0.560. The zero-order valence-electron chi connectivity index (χ0n) is 7.47. The van der Waals surface area contributed by atoms with Crippen molar-refractivity contribution in [2.75, 3.05) is 5.75 Å². The van der Waals surface area contributed by atoms with Gasteiger partial charge in [0, 0.05) is 11.0 Å². The predicted molar refractivity (Wildman–Crippen MR) is 67.0 cm³/mol. The van der Waals surface area contributed by atoms with Crippen LogP contribution in [0.3, 0.4) is 0 Å². The third-order valence-electron chi connectivity index (χ3n) is 1.41. The standard InChI is InChI=1S/C6H14N3PS3/c1-2-6(12-5-7)3-4-13-10(8,9)11/h6H,2-4H2,1H3,(H4,8,9,11). The third-order valence-corrected chi connectivity index (χ3v) is 5.94. The Hall–Kier alpha value is 0.760. The van der Waals surface area contributed by atoms with Crippen molar-refractivity contribution in [1.82, 2.24) is 0 Å². The second-order valence-electron chi connectivity index (χ2n) is 2.51. The van der Waals surface area contributed by atoms with Crippen LogP contribution >= 0.6 is 28.7 Å². The molecule has 0 aliphatic rings. The van der Waals surface area contributed by atoms with Crippen LogP contribution in [-0.2, 0) is 11.8 Å². The monoisotopic (exact) mass is 255 g/mol. The van der Waals surface area contributed by atoms with Gasteiger partial charge in [0.1, 0.15) is 10.9 Å². The fraction of sp³-hybridized carbons (Fsp3) is 0.833. The summed E-state index contributed by atoms with van der Waals surface area (Å²) in [4.78, 5) is 0. The summed E-state index contributed by atoms with van der Waals surface area (Å²) in [5, 5.41) is 11.0. The van der Waals surface area contributed by atoms with E-state index in [9.17, 15) is 0 Å². The number of hydrogen-bond donors (Lipinski definition) is 2. The highest BCUT2D eigenvalue weighted by Gasteiger charge is 2.09. The molecule has 0 aromatic heterocycles. The van der Waals surface area contributed by atoms with E-state index in [2.05, 4.69) is 12.3 Å². The van der Waals surface area contributed by atoms with Gasteiger partial charge >= 0.3 is 0 Å². The Bertz CT molecular complexity index is 222. The molecule has 0 fully saturated rings. The van der Waals surface area contributed by atoms with Crippen molar-refractivity contribution in [3.05, 3.63) is 0 Å². The number of thioether (sulfide) groups is 1. The molecule has 0 radical (unpaired) electrons. The van der Waals surface area contributed by atoms with Crippen LogP contribution in [0.2, 0.25) is 0 Å². The van der Waals surface area contributed by atoms with Gasteiger partial charge in [0.05, 0.1) is 0 Å². The first-order valence-electron chi connectivity index (χ1n) is 3.86. The molecule has 0 saturated carbocycles. The first-order chi connectivity index (χ1) is 5.99. The topological polar surface area (TPSA) is 75.8 Å². The van der Waals surface area contributed by atoms with E-state index in [1.165, 1.54) is 23.1 Å². The zero-order valence-corrected chi connectivity index (χ0v) is 10.8. The number of nitrogens with two attached hydrogens (primary N) is 2. The van der Waals surface area contributed by atoms with Crippen molar-refractivity contribution in [3.63, 3.8) is 0 Å². The van der Waals surface area contributed by atoms with Gasteiger partial charge in [-0.25, -0.2) is 0 Å². The molecule has 0 spiro atoms. The maximum Gasteiger partial charge on any atom is 0.133 e. The van der Waals surface area contributed by atoms with Crippen LogP contribution < -0.4 is 11.0 Å². The van der Waals surface area contributed by atoms with Gasteiger partial charge in [0.2, 0.25) is 0 Å². The van der Waals surface area contributed by atoms with E-state index in [0.717, 1.165) is 18.6 Å². The summed E-state index contributed by atoms with van der Waals surface area (Å²) in [5.41, 5.74) is 8.97. The van der Waals surface area contributed by atoms with E-state index < -0.39 is 5.54 Å². The normalized spacial score (nSPS) is 13.7. The number of thiocyanates is 1. The minimum Gasteiger partial charge on any atom is -0.283 e. The molecule has 0 aromatic carbocycles. The lowest BCUT2D eigenvalue weighted by molar-refractivity contribution is 0.803. The van der Waals surface area contributed by atoms with Crippen molar-refractivity contribution in [1.29, 1.82) is 5.26 Å². The zero-order chi connectivity index (χ0) is 10.3. The van der Waals surface area contributed by atoms with Crippen LogP contribution in [0.25, 0.3) is 0 Å². The van der Waals surface area contributed by atoms with Crippen molar-refractivity contribution >= 4 is 40.5 Å². The summed E-state index contributed by atoms with van der Waals surface area (Å²) in [6, 6.07) is 0. The van der Waals surface area contributed by atoms with Crippen LogP contribution in [0, 0.1) is 10.7 Å². The molecule has 0 aromatic rings. The van der Waals surface area contributed by atoms with Crippen LogP contribution in [0.15, 0.2) is 0 Å². The Balaban J connectivity index is 3.62. The van der Waals surface area contributed by atoms with Crippen LogP contribution in [0.5, 0.6) is 0 Å². The summed E-state index contributed by atoms with van der Waals surface area (Å²) >= 11 is 7.67. The fourth-order valence-electron chi connectivity index (χ4n) is 0.748. The first-order valence-corrected chi connectivity index (χ1v) is 9.27. The molecule has 0 heterocycles. The van der Waals surface area contributed by atoms with Crippen molar-refractivity contribution in [2.24, 2.45) is 11.0 Å². The lowest BCUT2D eigenvalue weighted by Crippen LogP contribution is -2.04. The molecule has 1 atom stereocenters. The van der Waals surface area contributed by atoms with E-state index in [-0.39, 0.29) is 0 Å². The van der Waals surface area contributed by atoms with E-state index in [0.29, 0.717) is 5.25 Å². The summed E-state index contributed by atoms with van der Waals surface area (Å²) < 4.78 is 0. The molecule has 76 valence electrons. The van der Waals surface area contributed by atoms with Gasteiger partial charge < -0.3 is 0 Å². The number of nitriles is 1. The molecule has 1 unspecified atom stereocenters. The lowest BCUT2D eigenvalue weighted by Gasteiger charge is -2.12. The Morgan fingerprint density at radius 3 is 2.62 bits per heavy atom. The summed E-state index contributed by atoms with van der Waals surface area (Å²) in [7, 11) is 0. The van der Waals surface area contributed by atoms with Crippen molar-refractivity contribution < 1.29 is 0 Å². The average molecular weight is 255 g/mol. The highest BCUT2D eigenvalue weighted by atomic mass is 32.9. The molecule has 0 aliphatic heterocycles. The van der Waals surface area contributed by atoms with E-state index in [1.807, 2.05) is 0 Å². The minimum absolute atomic E-state index is 0.388. The molecular formula is C6H14N3PS3. The Morgan fingerprint density at radius 2 is 2.23 bits per heavy atom. The van der Waals surface area contributed by atoms with Crippen LogP contribution in [0.1, 0.15) is 19.8 Å². The maximum atomic E-state index is 8.47. The lowest BCUT2D eigenvalue weighted by atomic mass is 10.3. The molecule has 0 amide bonds. The van der Waals surface area contributed by atoms with Gasteiger partial charge in [0.25, 0.3) is 0 Å². The highest BCUT2D eigenvalue weighted by molar-refractivity contribution is 8.69. The predicted octanol–water partition coefficient (Wildman–Crippen LogP) is 2.24. The van der Waals surface area contributed by atoms with Gasteiger partial charge in [-0.05, 0) is 24.6 Å². The second-order valence-corrected chi connectivity index (χ2v) is 10.6. The summed E-state index contributed by atoms with van der Waals surface area (Å²) in [6.07, 6.45) is 1.95. The minimum atomic E-state index is -2.09. The molecule has 0 bridgehead atoms. The van der Waals surface area contributed by atoms with Crippen molar-refractivity contribution in [3.8, 4) is 5.40 Å². The van der Waals surface area contributed by atoms with Gasteiger partial charge in [0.15, 0.2) is 0 Å². The molecule has 0 rings (SSSR count). The third kappa shape index (κ3) is 9.07. The molecule has 7 heteroatoms. The highest BCUT2D eigenvalue weighted by Crippen LogP contribution is 2.43. The Labute approximate surface area is 92.9 Å². The smallest absolute Gasteiger partial charge is 0.133 e. The SMILES string of the molecule is CCC(CCSP(N)(N)=S)SC#N. The number of nitrogens with zero attached hydrogens (tertiary/aromatic N) is 1. The van der Waals surface area contributed by atoms with Gasteiger partial charge in [-0.15, -0.1) is 0 Å². The molecule has 13 heavy (non-hydrogen) atoms. The molecule has 3 nitrogen and oxygen atoms in total. The maximum absolute atomic E-state index is 8.47. The summed E-state index contributed by atoms with van der Waals surface area (Å²) in [5.74, 6) is 0.859. The van der Waals surface area contributed by atoms with Gasteiger partial charge in [-0.1, -0.05) is 30.1 Å². The van der Waals surface area contributed by atoms with E-state index >= 15 is 0 Å². The average Bonchev–Trinajstić information content (AvgIpc) is 2.01. The van der Waals surface area contributed by atoms with E-state index in [4.69, 9.17) is 28.1 Å².